The average Bonchev–Trinajstić information content (AvgIpc) is 2.71. The largest absolute Gasteiger partial charge is 0.353 e. The summed E-state index contributed by atoms with van der Waals surface area (Å²) in [5, 5.41) is 3.27. The number of aryl methyl sites for hydroxylation is 1. The molecule has 0 amide bonds. The number of hydrogen-bond acceptors (Lipinski definition) is 7. The number of piperazine rings is 1. The van der Waals surface area contributed by atoms with Gasteiger partial charge in [-0.15, -0.1) is 0 Å². The van der Waals surface area contributed by atoms with Gasteiger partial charge in [0.1, 0.15) is 5.82 Å². The highest BCUT2D eigenvalue weighted by molar-refractivity contribution is 5.55. The minimum Gasteiger partial charge on any atom is -0.353 e. The Balaban J connectivity index is 1.42. The number of nitrogens with one attached hydrogen (secondary N) is 1. The van der Waals surface area contributed by atoms with Gasteiger partial charge in [0.25, 0.3) is 0 Å². The fraction of sp³-hybridized carbons (Fsp3) is 0.263. The molecule has 0 radical (unpaired) electrons. The fourth-order valence-electron chi connectivity index (χ4n) is 2.94. The molecule has 7 heteroatoms. The van der Waals surface area contributed by atoms with Gasteiger partial charge in [0.2, 0.25) is 11.9 Å². The van der Waals surface area contributed by atoms with Crippen molar-refractivity contribution in [2.24, 2.45) is 0 Å². The first-order valence-corrected chi connectivity index (χ1v) is 8.71. The molecule has 1 aromatic carbocycles. The van der Waals surface area contributed by atoms with Crippen LogP contribution in [-0.2, 0) is 0 Å². The van der Waals surface area contributed by atoms with Gasteiger partial charge in [0, 0.05) is 50.5 Å². The molecule has 0 unspecified atom stereocenters. The lowest BCUT2D eigenvalue weighted by Gasteiger charge is -2.35. The highest BCUT2D eigenvalue weighted by atomic mass is 15.3. The van der Waals surface area contributed by atoms with Gasteiger partial charge >= 0.3 is 0 Å². The Bertz CT molecular complexity index is 843. The molecule has 1 aliphatic heterocycles. The third-order valence-electron chi connectivity index (χ3n) is 4.39. The average molecular weight is 347 g/mol. The summed E-state index contributed by atoms with van der Waals surface area (Å²) in [5.41, 5.74) is 2.21. The van der Waals surface area contributed by atoms with Gasteiger partial charge in [-0.05, 0) is 31.2 Å². The molecular formula is C19H21N7. The van der Waals surface area contributed by atoms with Crippen molar-refractivity contribution in [3.63, 3.8) is 0 Å². The summed E-state index contributed by atoms with van der Waals surface area (Å²) in [6.45, 7) is 5.56. The molecule has 4 rings (SSSR count). The molecule has 0 bridgehead atoms. The quantitative estimate of drug-likeness (QED) is 0.778. The number of aromatic nitrogens is 4. The molecule has 1 N–H and O–H groups in total. The summed E-state index contributed by atoms with van der Waals surface area (Å²) in [6, 6.07) is 12.0. The van der Waals surface area contributed by atoms with Gasteiger partial charge in [-0.2, -0.15) is 4.98 Å². The number of rotatable bonds is 4. The van der Waals surface area contributed by atoms with Crippen LogP contribution in [0.25, 0.3) is 0 Å². The SMILES string of the molecule is Cc1ccc(Nc2nccc(N3CCN(c4ncccn4)CC3)n2)cc1. The third-order valence-corrected chi connectivity index (χ3v) is 4.39. The molecule has 0 spiro atoms. The Labute approximate surface area is 152 Å². The van der Waals surface area contributed by atoms with Crippen LogP contribution in [0.1, 0.15) is 5.56 Å². The summed E-state index contributed by atoms with van der Waals surface area (Å²) in [6.07, 6.45) is 5.36. The van der Waals surface area contributed by atoms with Crippen LogP contribution in [0.2, 0.25) is 0 Å². The maximum absolute atomic E-state index is 4.67. The van der Waals surface area contributed by atoms with E-state index in [1.807, 2.05) is 24.3 Å². The molecule has 3 heterocycles. The molecule has 1 fully saturated rings. The van der Waals surface area contributed by atoms with Gasteiger partial charge in [0.05, 0.1) is 0 Å². The van der Waals surface area contributed by atoms with Crippen LogP contribution in [-0.4, -0.2) is 46.1 Å². The Morgan fingerprint density at radius 2 is 1.50 bits per heavy atom. The second-order valence-electron chi connectivity index (χ2n) is 6.25. The minimum atomic E-state index is 0.611. The van der Waals surface area contributed by atoms with Gasteiger partial charge < -0.3 is 15.1 Å². The van der Waals surface area contributed by atoms with E-state index < -0.39 is 0 Å². The molecule has 3 aromatic rings. The monoisotopic (exact) mass is 347 g/mol. The molecule has 1 saturated heterocycles. The maximum atomic E-state index is 4.67. The van der Waals surface area contributed by atoms with Crippen LogP contribution in [0.4, 0.5) is 23.4 Å². The van der Waals surface area contributed by atoms with Crippen LogP contribution in [0, 0.1) is 6.92 Å². The van der Waals surface area contributed by atoms with Crippen molar-refractivity contribution in [3.8, 4) is 0 Å². The van der Waals surface area contributed by atoms with E-state index in [2.05, 4.69) is 54.1 Å². The second kappa shape index (κ2) is 7.35. The molecule has 26 heavy (non-hydrogen) atoms. The zero-order valence-corrected chi connectivity index (χ0v) is 14.7. The van der Waals surface area contributed by atoms with Crippen molar-refractivity contribution in [2.45, 2.75) is 6.92 Å². The number of anilines is 4. The van der Waals surface area contributed by atoms with Gasteiger partial charge in [-0.3, -0.25) is 0 Å². The summed E-state index contributed by atoms with van der Waals surface area (Å²) < 4.78 is 0. The predicted molar refractivity (Wildman–Crippen MR) is 103 cm³/mol. The topological polar surface area (TPSA) is 70.1 Å². The lowest BCUT2D eigenvalue weighted by Crippen LogP contribution is -2.47. The molecule has 7 nitrogen and oxygen atoms in total. The van der Waals surface area contributed by atoms with Crippen LogP contribution in [0.15, 0.2) is 55.0 Å². The van der Waals surface area contributed by atoms with E-state index in [1.165, 1.54) is 5.56 Å². The lowest BCUT2D eigenvalue weighted by atomic mass is 10.2. The maximum Gasteiger partial charge on any atom is 0.229 e. The Morgan fingerprint density at radius 1 is 0.808 bits per heavy atom. The summed E-state index contributed by atoms with van der Waals surface area (Å²) in [5.74, 6) is 2.33. The first-order chi connectivity index (χ1) is 12.8. The Hall–Kier alpha value is -3.22. The minimum absolute atomic E-state index is 0.611. The van der Waals surface area contributed by atoms with E-state index in [-0.39, 0.29) is 0 Å². The smallest absolute Gasteiger partial charge is 0.229 e. The first kappa shape index (κ1) is 16.3. The Kier molecular flexibility index (Phi) is 4.59. The number of benzene rings is 1. The van der Waals surface area contributed by atoms with Crippen molar-refractivity contribution in [1.29, 1.82) is 0 Å². The molecule has 2 aromatic heterocycles. The zero-order valence-electron chi connectivity index (χ0n) is 14.7. The number of hydrogen-bond donors (Lipinski definition) is 1. The van der Waals surface area contributed by atoms with Crippen LogP contribution < -0.4 is 15.1 Å². The van der Waals surface area contributed by atoms with Gasteiger partial charge in [-0.1, -0.05) is 17.7 Å². The summed E-state index contributed by atoms with van der Waals surface area (Å²) in [7, 11) is 0. The van der Waals surface area contributed by atoms with Gasteiger partial charge in [0.15, 0.2) is 0 Å². The van der Waals surface area contributed by atoms with E-state index in [4.69, 9.17) is 0 Å². The van der Waals surface area contributed by atoms with Crippen molar-refractivity contribution in [2.75, 3.05) is 41.3 Å². The van der Waals surface area contributed by atoms with E-state index in [0.29, 0.717) is 5.95 Å². The van der Waals surface area contributed by atoms with Crippen LogP contribution in [0.3, 0.4) is 0 Å². The standard InChI is InChI=1S/C19H21N7/c1-15-3-5-16(6-4-15)23-18-20-10-7-17(24-18)25-11-13-26(14-12-25)19-21-8-2-9-22-19/h2-10H,11-14H2,1H3,(H,20,23,24). The number of nitrogens with zero attached hydrogens (tertiary/aromatic N) is 6. The van der Waals surface area contributed by atoms with Gasteiger partial charge in [-0.25, -0.2) is 15.0 Å². The lowest BCUT2D eigenvalue weighted by molar-refractivity contribution is 0.634. The van der Waals surface area contributed by atoms with E-state index >= 15 is 0 Å². The molecule has 0 aliphatic carbocycles. The van der Waals surface area contributed by atoms with Crippen molar-refractivity contribution in [3.05, 3.63) is 60.6 Å². The van der Waals surface area contributed by atoms with E-state index in [1.54, 1.807) is 18.6 Å². The molecule has 132 valence electrons. The highest BCUT2D eigenvalue weighted by Crippen LogP contribution is 2.19. The zero-order chi connectivity index (χ0) is 17.8. The predicted octanol–water partition coefficient (Wildman–Crippen LogP) is 2.65. The third kappa shape index (κ3) is 3.72. The molecule has 1 aliphatic rings. The van der Waals surface area contributed by atoms with Crippen molar-refractivity contribution >= 4 is 23.4 Å². The Morgan fingerprint density at radius 3 is 2.23 bits per heavy atom. The van der Waals surface area contributed by atoms with Crippen LogP contribution >= 0.6 is 0 Å². The molecule has 0 saturated carbocycles. The fourth-order valence-corrected chi connectivity index (χ4v) is 2.94. The van der Waals surface area contributed by atoms with E-state index in [9.17, 15) is 0 Å². The highest BCUT2D eigenvalue weighted by Gasteiger charge is 2.20. The second-order valence-corrected chi connectivity index (χ2v) is 6.25. The van der Waals surface area contributed by atoms with Crippen molar-refractivity contribution in [1.82, 2.24) is 19.9 Å². The van der Waals surface area contributed by atoms with E-state index in [0.717, 1.165) is 43.6 Å². The first-order valence-electron chi connectivity index (χ1n) is 8.71. The normalized spacial score (nSPS) is 14.3. The van der Waals surface area contributed by atoms with Crippen molar-refractivity contribution < 1.29 is 0 Å². The summed E-state index contributed by atoms with van der Waals surface area (Å²) >= 11 is 0. The van der Waals surface area contributed by atoms with Crippen LogP contribution in [0.5, 0.6) is 0 Å². The molecule has 0 atom stereocenters. The molecular weight excluding hydrogens is 326 g/mol. The summed E-state index contributed by atoms with van der Waals surface area (Å²) in [4.78, 5) is 22.1.